The Morgan fingerprint density at radius 2 is 1.97 bits per heavy atom. The average Bonchev–Trinajstić information content (AvgIpc) is 3.46. The molecule has 0 bridgehead atoms. The fourth-order valence-corrected chi connectivity index (χ4v) is 4.52. The molecule has 1 saturated carbocycles. The molecule has 3 atom stereocenters. The second-order valence-electron chi connectivity index (χ2n) is 8.50. The van der Waals surface area contributed by atoms with Gasteiger partial charge in [0.05, 0.1) is 36.9 Å². The minimum Gasteiger partial charge on any atom is -0.464 e. The zero-order valence-corrected chi connectivity index (χ0v) is 18.4. The van der Waals surface area contributed by atoms with E-state index in [0.717, 1.165) is 31.4 Å². The number of hydrogen-bond donors (Lipinski definition) is 1. The Morgan fingerprint density at radius 3 is 2.71 bits per heavy atom. The lowest BCUT2D eigenvalue weighted by Crippen LogP contribution is -2.46. The molecule has 9 nitrogen and oxygen atoms in total. The van der Waals surface area contributed by atoms with Crippen molar-refractivity contribution >= 4 is 23.5 Å². The highest BCUT2D eigenvalue weighted by Crippen LogP contribution is 2.34. The van der Waals surface area contributed by atoms with Crippen molar-refractivity contribution in [3.63, 3.8) is 0 Å². The summed E-state index contributed by atoms with van der Waals surface area (Å²) >= 11 is 0. The van der Waals surface area contributed by atoms with Gasteiger partial charge in [-0.2, -0.15) is 13.2 Å². The zero-order valence-electron chi connectivity index (χ0n) is 18.4. The minimum atomic E-state index is -4.53. The predicted molar refractivity (Wildman–Crippen MR) is 113 cm³/mol. The average molecular weight is 479 g/mol. The summed E-state index contributed by atoms with van der Waals surface area (Å²) in [5.74, 6) is -2.04. The van der Waals surface area contributed by atoms with E-state index >= 15 is 0 Å². The third-order valence-corrected chi connectivity index (χ3v) is 6.28. The number of hydrogen-bond acceptors (Lipinski definition) is 6. The molecule has 1 aliphatic heterocycles. The van der Waals surface area contributed by atoms with Crippen LogP contribution >= 0.6 is 0 Å². The van der Waals surface area contributed by atoms with E-state index < -0.39 is 29.5 Å². The van der Waals surface area contributed by atoms with E-state index in [-0.39, 0.29) is 42.3 Å². The number of esters is 1. The number of ether oxygens (including phenoxy) is 1. The molecule has 2 aliphatic rings. The van der Waals surface area contributed by atoms with Gasteiger partial charge in [-0.05, 0) is 31.0 Å². The van der Waals surface area contributed by atoms with Gasteiger partial charge in [0.15, 0.2) is 5.69 Å². The fourth-order valence-electron chi connectivity index (χ4n) is 4.52. The van der Waals surface area contributed by atoms with Crippen LogP contribution in [0.1, 0.15) is 54.2 Å². The van der Waals surface area contributed by atoms with Crippen molar-refractivity contribution < 1.29 is 32.3 Å². The van der Waals surface area contributed by atoms with E-state index in [9.17, 15) is 27.6 Å². The molecule has 1 aromatic carbocycles. The largest absolute Gasteiger partial charge is 0.464 e. The molecule has 0 radical (unpaired) electrons. The molecule has 182 valence electrons. The molecule has 1 aromatic heterocycles. The number of carbonyl (C=O) groups is 3. The van der Waals surface area contributed by atoms with Gasteiger partial charge >= 0.3 is 12.1 Å². The smallest absolute Gasteiger partial charge is 0.416 e. The van der Waals surface area contributed by atoms with Gasteiger partial charge in [0.2, 0.25) is 11.8 Å². The molecular weight excluding hydrogens is 455 g/mol. The zero-order chi connectivity index (χ0) is 24.5. The molecule has 0 spiro atoms. The Hall–Kier alpha value is -3.44. The van der Waals surface area contributed by atoms with Crippen molar-refractivity contribution in [3.8, 4) is 0 Å². The van der Waals surface area contributed by atoms with Crippen molar-refractivity contribution in [2.24, 2.45) is 5.92 Å². The number of carbonyl (C=O) groups excluding carboxylic acids is 3. The van der Waals surface area contributed by atoms with Crippen LogP contribution in [-0.2, 0) is 20.5 Å². The number of rotatable bonds is 5. The first-order valence-corrected chi connectivity index (χ1v) is 11.0. The van der Waals surface area contributed by atoms with E-state index in [1.165, 1.54) is 30.3 Å². The van der Waals surface area contributed by atoms with Crippen molar-refractivity contribution in [1.29, 1.82) is 0 Å². The standard InChI is InChI=1S/C22H24F3N5O4/c1-34-21(33)17-12-30(28-27-17)18-8-3-2-7-16(18)26-20(32)13-9-19(31)29(11-13)15-6-4-5-14(10-15)22(23,24)25/h4-6,10,12-13,16,18H,2-3,7-9,11H2,1H3,(H,26,32). The summed E-state index contributed by atoms with van der Waals surface area (Å²) in [7, 11) is 1.25. The summed E-state index contributed by atoms with van der Waals surface area (Å²) in [6.07, 6.45) is 0.0672. The number of halogens is 3. The first-order chi connectivity index (χ1) is 16.2. The van der Waals surface area contributed by atoms with Crippen LogP contribution in [0.15, 0.2) is 30.5 Å². The number of aromatic nitrogens is 3. The molecule has 1 saturated heterocycles. The third-order valence-electron chi connectivity index (χ3n) is 6.28. The summed E-state index contributed by atoms with van der Waals surface area (Å²) in [5.41, 5.74) is -0.671. The van der Waals surface area contributed by atoms with Gasteiger partial charge in [-0.3, -0.25) is 9.59 Å². The highest BCUT2D eigenvalue weighted by Gasteiger charge is 2.39. The lowest BCUT2D eigenvalue weighted by molar-refractivity contribution is -0.137. The number of methoxy groups -OCH3 is 1. The molecule has 2 fully saturated rings. The van der Waals surface area contributed by atoms with Gasteiger partial charge in [0.1, 0.15) is 0 Å². The van der Waals surface area contributed by atoms with Crippen LogP contribution in [0.4, 0.5) is 18.9 Å². The molecule has 2 aromatic rings. The summed E-state index contributed by atoms with van der Waals surface area (Å²) in [5, 5.41) is 10.8. The van der Waals surface area contributed by atoms with Crippen LogP contribution in [0.25, 0.3) is 0 Å². The van der Waals surface area contributed by atoms with Crippen LogP contribution < -0.4 is 10.2 Å². The summed E-state index contributed by atoms with van der Waals surface area (Å²) < 4.78 is 45.4. The number of alkyl halides is 3. The van der Waals surface area contributed by atoms with Gasteiger partial charge < -0.3 is 15.0 Å². The predicted octanol–water partition coefficient (Wildman–Crippen LogP) is 2.74. The highest BCUT2D eigenvalue weighted by molar-refractivity contribution is 6.00. The Morgan fingerprint density at radius 1 is 1.21 bits per heavy atom. The second-order valence-corrected chi connectivity index (χ2v) is 8.50. The number of nitrogens with one attached hydrogen (secondary N) is 1. The summed E-state index contributed by atoms with van der Waals surface area (Å²) in [6, 6.07) is 4.01. The molecule has 3 unspecified atom stereocenters. The topological polar surface area (TPSA) is 106 Å². The van der Waals surface area contributed by atoms with E-state index in [0.29, 0.717) is 6.42 Å². The lowest BCUT2D eigenvalue weighted by atomic mass is 9.90. The number of anilines is 1. The number of nitrogens with zero attached hydrogens (tertiary/aromatic N) is 4. The van der Waals surface area contributed by atoms with Crippen LogP contribution in [0.3, 0.4) is 0 Å². The van der Waals surface area contributed by atoms with E-state index in [1.54, 1.807) is 4.68 Å². The molecule has 1 N–H and O–H groups in total. The maximum absolute atomic E-state index is 13.1. The quantitative estimate of drug-likeness (QED) is 0.661. The number of amides is 2. The van der Waals surface area contributed by atoms with Crippen molar-refractivity contribution in [3.05, 3.63) is 41.7 Å². The molecular formula is C22H24F3N5O4. The van der Waals surface area contributed by atoms with Crippen molar-refractivity contribution in [2.45, 2.75) is 50.4 Å². The summed E-state index contributed by atoms with van der Waals surface area (Å²) in [6.45, 7) is -0.000815. The van der Waals surface area contributed by atoms with Gasteiger partial charge in [-0.15, -0.1) is 5.10 Å². The van der Waals surface area contributed by atoms with E-state index in [2.05, 4.69) is 20.4 Å². The van der Waals surface area contributed by atoms with Gasteiger partial charge in [0, 0.05) is 18.7 Å². The van der Waals surface area contributed by atoms with Gasteiger partial charge in [0.25, 0.3) is 0 Å². The minimum absolute atomic E-state index is 0.000815. The van der Waals surface area contributed by atoms with E-state index in [4.69, 9.17) is 0 Å². The van der Waals surface area contributed by atoms with Gasteiger partial charge in [-0.25, -0.2) is 9.48 Å². The van der Waals surface area contributed by atoms with Crippen LogP contribution in [0.2, 0.25) is 0 Å². The molecule has 12 heteroatoms. The van der Waals surface area contributed by atoms with Crippen LogP contribution in [0.5, 0.6) is 0 Å². The van der Waals surface area contributed by atoms with Crippen LogP contribution in [0, 0.1) is 5.92 Å². The second kappa shape index (κ2) is 9.43. The SMILES string of the molecule is COC(=O)c1cn(C2CCCCC2NC(=O)C2CC(=O)N(c3cccc(C(F)(F)F)c3)C2)nn1. The molecule has 4 rings (SSSR count). The first-order valence-electron chi connectivity index (χ1n) is 11.0. The summed E-state index contributed by atoms with van der Waals surface area (Å²) in [4.78, 5) is 38.4. The Kier molecular flexibility index (Phi) is 6.58. The molecule has 34 heavy (non-hydrogen) atoms. The molecule has 2 amide bonds. The number of benzene rings is 1. The van der Waals surface area contributed by atoms with Crippen molar-refractivity contribution in [2.75, 3.05) is 18.6 Å². The van der Waals surface area contributed by atoms with Crippen molar-refractivity contribution in [1.82, 2.24) is 20.3 Å². The monoisotopic (exact) mass is 479 g/mol. The van der Waals surface area contributed by atoms with E-state index in [1.807, 2.05) is 0 Å². The molecule has 2 heterocycles. The third kappa shape index (κ3) is 4.90. The maximum atomic E-state index is 13.1. The maximum Gasteiger partial charge on any atom is 0.416 e. The van der Waals surface area contributed by atoms with Gasteiger partial charge in [-0.1, -0.05) is 24.1 Å². The Bertz CT molecular complexity index is 1090. The first kappa shape index (κ1) is 23.7. The van der Waals surface area contributed by atoms with Crippen LogP contribution in [-0.4, -0.2) is 52.5 Å². The Balaban J connectivity index is 1.44. The highest BCUT2D eigenvalue weighted by atomic mass is 19.4. The molecule has 1 aliphatic carbocycles. The Labute approximate surface area is 193 Å². The normalized spacial score (nSPS) is 23.1. The lowest BCUT2D eigenvalue weighted by Gasteiger charge is -2.32. The fraction of sp³-hybridized carbons (Fsp3) is 0.500.